The number of benzene rings is 2. The average Bonchev–Trinajstić information content (AvgIpc) is 3.38. The van der Waals surface area contributed by atoms with Crippen LogP contribution < -0.4 is 15.4 Å². The number of carbonyl (C=O) groups excluding carboxylic acids is 2. The number of hydrogen-bond donors (Lipinski definition) is 3. The summed E-state index contributed by atoms with van der Waals surface area (Å²) in [7, 11) is -3.67. The predicted molar refractivity (Wildman–Crippen MR) is 160 cm³/mol. The number of hydrogen-bond acceptors (Lipinski definition) is 6. The van der Waals surface area contributed by atoms with Gasteiger partial charge in [-0.2, -0.15) is 0 Å². The van der Waals surface area contributed by atoms with Gasteiger partial charge in [-0.25, -0.2) is 13.1 Å². The molecule has 2 saturated heterocycles. The van der Waals surface area contributed by atoms with E-state index in [2.05, 4.69) is 15.4 Å². The van der Waals surface area contributed by atoms with Gasteiger partial charge in [0.2, 0.25) is 21.8 Å². The van der Waals surface area contributed by atoms with Gasteiger partial charge in [0.15, 0.2) is 0 Å². The van der Waals surface area contributed by atoms with E-state index in [0.29, 0.717) is 35.4 Å². The van der Waals surface area contributed by atoms with Crippen LogP contribution >= 0.6 is 23.2 Å². The molecule has 0 unspecified atom stereocenters. The molecular formula is C29H38Cl2N4O5S. The summed E-state index contributed by atoms with van der Waals surface area (Å²) in [6.07, 6.45) is 3.99. The van der Waals surface area contributed by atoms with Crippen LogP contribution in [0.4, 0.5) is 0 Å². The standard InChI is InChI=1S/C29H38Cl2N4O5S/c1-41(38,39)34-26(10-7-20-11-13-32-14-12-20)29(37)35-18-25(40-19-21-5-8-23(30)9-6-21)16-27(35)28(36)33-17-22-3-2-4-24(31)15-22/h2-6,8-9,15,20,25-27,32,34H,7,10-14,16-19H2,1H3,(H,33,36)/t25-,26-,27+/m1/s1. The molecule has 0 saturated carbocycles. The SMILES string of the molecule is CS(=O)(=O)N[C@H](CCC1CCNCC1)C(=O)N1C[C@H](OCc2ccc(Cl)cc2)C[C@H]1C(=O)NCc1cccc(Cl)c1. The van der Waals surface area contributed by atoms with E-state index >= 15 is 0 Å². The van der Waals surface area contributed by atoms with Gasteiger partial charge >= 0.3 is 0 Å². The van der Waals surface area contributed by atoms with Crippen molar-refractivity contribution in [1.29, 1.82) is 0 Å². The smallest absolute Gasteiger partial charge is 0.243 e. The van der Waals surface area contributed by atoms with Crippen LogP contribution in [0.5, 0.6) is 0 Å². The highest BCUT2D eigenvalue weighted by atomic mass is 35.5. The molecule has 41 heavy (non-hydrogen) atoms. The van der Waals surface area contributed by atoms with Crippen molar-refractivity contribution in [2.45, 2.75) is 63.4 Å². The van der Waals surface area contributed by atoms with Crippen LogP contribution in [0.2, 0.25) is 10.0 Å². The van der Waals surface area contributed by atoms with E-state index in [1.54, 1.807) is 30.3 Å². The number of piperidine rings is 1. The number of sulfonamides is 1. The number of rotatable bonds is 12. The van der Waals surface area contributed by atoms with Gasteiger partial charge in [0, 0.05) is 29.6 Å². The summed E-state index contributed by atoms with van der Waals surface area (Å²) < 4.78 is 33.2. The first-order chi connectivity index (χ1) is 19.6. The quantitative estimate of drug-likeness (QED) is 0.333. The maximum Gasteiger partial charge on any atom is 0.243 e. The Hall–Kier alpha value is -2.21. The molecule has 0 aliphatic carbocycles. The van der Waals surface area contributed by atoms with Crippen LogP contribution in [0.3, 0.4) is 0 Å². The highest BCUT2D eigenvalue weighted by Crippen LogP contribution is 2.26. The fourth-order valence-corrected chi connectivity index (χ4v) is 6.50. The summed E-state index contributed by atoms with van der Waals surface area (Å²) >= 11 is 12.1. The van der Waals surface area contributed by atoms with Crippen LogP contribution in [0.15, 0.2) is 48.5 Å². The minimum absolute atomic E-state index is 0.178. The maximum absolute atomic E-state index is 13.9. The Balaban J connectivity index is 1.48. The molecule has 3 N–H and O–H groups in total. The largest absolute Gasteiger partial charge is 0.372 e. The highest BCUT2D eigenvalue weighted by molar-refractivity contribution is 7.88. The normalized spacial score (nSPS) is 20.6. The van der Waals surface area contributed by atoms with Gasteiger partial charge in [-0.1, -0.05) is 47.5 Å². The Morgan fingerprint density at radius 1 is 1.07 bits per heavy atom. The number of carbonyl (C=O) groups is 2. The van der Waals surface area contributed by atoms with Crippen LogP contribution in [-0.4, -0.2) is 69.2 Å². The van der Waals surface area contributed by atoms with E-state index in [0.717, 1.165) is 49.7 Å². The molecule has 2 aliphatic heterocycles. The van der Waals surface area contributed by atoms with Gasteiger partial charge in [-0.3, -0.25) is 9.59 Å². The number of ether oxygens (including phenoxy) is 1. The Morgan fingerprint density at radius 2 is 1.80 bits per heavy atom. The van der Waals surface area contributed by atoms with E-state index in [1.165, 1.54) is 4.90 Å². The van der Waals surface area contributed by atoms with Crippen LogP contribution in [0.1, 0.15) is 43.2 Å². The molecule has 9 nitrogen and oxygen atoms in total. The second kappa shape index (κ2) is 14.8. The molecule has 2 heterocycles. The summed E-state index contributed by atoms with van der Waals surface area (Å²) in [5.74, 6) is -0.323. The molecular weight excluding hydrogens is 587 g/mol. The van der Waals surface area contributed by atoms with Crippen molar-refractivity contribution in [2.75, 3.05) is 25.9 Å². The number of halogens is 2. The molecule has 2 aromatic rings. The Kier molecular flexibility index (Phi) is 11.4. The molecule has 3 atom stereocenters. The van der Waals surface area contributed by atoms with Gasteiger partial charge in [0.05, 0.1) is 19.0 Å². The molecule has 0 aromatic heterocycles. The summed E-state index contributed by atoms with van der Waals surface area (Å²) in [5, 5.41) is 7.43. The van der Waals surface area contributed by atoms with Crippen LogP contribution in [-0.2, 0) is 37.5 Å². The van der Waals surface area contributed by atoms with Crippen molar-refractivity contribution in [3.8, 4) is 0 Å². The topological polar surface area (TPSA) is 117 Å². The predicted octanol–water partition coefficient (Wildman–Crippen LogP) is 3.49. The van der Waals surface area contributed by atoms with Crippen molar-refractivity contribution in [1.82, 2.24) is 20.3 Å². The number of nitrogens with one attached hydrogen (secondary N) is 3. The highest BCUT2D eigenvalue weighted by Gasteiger charge is 2.42. The lowest BCUT2D eigenvalue weighted by Gasteiger charge is -2.30. The molecule has 0 spiro atoms. The van der Waals surface area contributed by atoms with Gasteiger partial charge in [0.25, 0.3) is 0 Å². The molecule has 4 rings (SSSR count). The molecule has 12 heteroatoms. The fraction of sp³-hybridized carbons (Fsp3) is 0.517. The summed E-state index contributed by atoms with van der Waals surface area (Å²) in [5.41, 5.74) is 1.75. The Bertz CT molecular complexity index is 1290. The molecule has 224 valence electrons. The van der Waals surface area contributed by atoms with Crippen molar-refractivity contribution >= 4 is 45.0 Å². The molecule has 0 radical (unpaired) electrons. The van der Waals surface area contributed by atoms with E-state index in [1.807, 2.05) is 18.2 Å². The third-order valence-electron chi connectivity index (χ3n) is 7.58. The second-order valence-electron chi connectivity index (χ2n) is 10.9. The first-order valence-corrected chi connectivity index (χ1v) is 16.6. The van der Waals surface area contributed by atoms with E-state index < -0.39 is 34.1 Å². The Labute approximate surface area is 252 Å². The summed E-state index contributed by atoms with van der Waals surface area (Å²) in [4.78, 5) is 28.8. The minimum atomic E-state index is -3.67. The van der Waals surface area contributed by atoms with Gasteiger partial charge < -0.3 is 20.3 Å². The average molecular weight is 626 g/mol. The van der Waals surface area contributed by atoms with E-state index in [4.69, 9.17) is 27.9 Å². The van der Waals surface area contributed by atoms with E-state index in [9.17, 15) is 18.0 Å². The van der Waals surface area contributed by atoms with Crippen LogP contribution in [0, 0.1) is 5.92 Å². The van der Waals surface area contributed by atoms with Gasteiger partial charge in [-0.05, 0) is 80.1 Å². The lowest BCUT2D eigenvalue weighted by atomic mass is 9.91. The molecule has 2 amide bonds. The zero-order valence-electron chi connectivity index (χ0n) is 23.2. The minimum Gasteiger partial charge on any atom is -0.372 e. The zero-order chi connectivity index (χ0) is 29.4. The lowest BCUT2D eigenvalue weighted by molar-refractivity contribution is -0.140. The third kappa shape index (κ3) is 9.94. The lowest BCUT2D eigenvalue weighted by Crippen LogP contribution is -2.53. The van der Waals surface area contributed by atoms with E-state index in [-0.39, 0.29) is 19.0 Å². The van der Waals surface area contributed by atoms with Crippen molar-refractivity contribution < 1.29 is 22.7 Å². The second-order valence-corrected chi connectivity index (χ2v) is 13.5. The molecule has 2 fully saturated rings. The van der Waals surface area contributed by atoms with Crippen LogP contribution in [0.25, 0.3) is 0 Å². The number of likely N-dealkylation sites (tertiary alicyclic amines) is 1. The number of nitrogens with zero attached hydrogens (tertiary/aromatic N) is 1. The summed E-state index contributed by atoms with van der Waals surface area (Å²) in [6, 6.07) is 12.7. The molecule has 0 bridgehead atoms. The third-order valence-corrected chi connectivity index (χ3v) is 8.78. The van der Waals surface area contributed by atoms with Crippen molar-refractivity contribution in [2.24, 2.45) is 5.92 Å². The monoisotopic (exact) mass is 624 g/mol. The van der Waals surface area contributed by atoms with Gasteiger partial charge in [-0.15, -0.1) is 0 Å². The first-order valence-electron chi connectivity index (χ1n) is 13.9. The van der Waals surface area contributed by atoms with Gasteiger partial charge in [0.1, 0.15) is 12.1 Å². The number of amides is 2. The zero-order valence-corrected chi connectivity index (χ0v) is 25.5. The first kappa shape index (κ1) is 31.7. The van der Waals surface area contributed by atoms with Crippen molar-refractivity contribution in [3.05, 3.63) is 69.7 Å². The molecule has 2 aromatic carbocycles. The molecule has 2 aliphatic rings. The fourth-order valence-electron chi connectivity index (χ4n) is 5.42. The summed E-state index contributed by atoms with van der Waals surface area (Å²) in [6.45, 7) is 2.54. The van der Waals surface area contributed by atoms with Crippen molar-refractivity contribution in [3.63, 3.8) is 0 Å². The Morgan fingerprint density at radius 3 is 2.49 bits per heavy atom. The maximum atomic E-state index is 13.9.